The summed E-state index contributed by atoms with van der Waals surface area (Å²) in [5.41, 5.74) is 5.39. The van der Waals surface area contributed by atoms with E-state index in [1.807, 2.05) is 18.2 Å². The lowest BCUT2D eigenvalue weighted by Gasteiger charge is -2.09. The molecule has 3 nitrogen and oxygen atoms in total. The van der Waals surface area contributed by atoms with Crippen LogP contribution in [-0.4, -0.2) is 13.0 Å². The van der Waals surface area contributed by atoms with E-state index in [-0.39, 0.29) is 5.91 Å². The van der Waals surface area contributed by atoms with Crippen molar-refractivity contribution >= 4 is 11.6 Å². The molecule has 20 heavy (non-hydrogen) atoms. The van der Waals surface area contributed by atoms with Gasteiger partial charge in [-0.3, -0.25) is 4.79 Å². The van der Waals surface area contributed by atoms with Crippen molar-refractivity contribution in [2.75, 3.05) is 12.4 Å². The molecule has 2 aromatic carbocycles. The Balaban J connectivity index is 2.09. The lowest BCUT2D eigenvalue weighted by atomic mass is 10.1. The first-order valence-electron chi connectivity index (χ1n) is 6.71. The smallest absolute Gasteiger partial charge is 0.251 e. The third-order valence-corrected chi connectivity index (χ3v) is 3.13. The minimum Gasteiger partial charge on any atom is -0.381 e. The van der Waals surface area contributed by atoms with Crippen molar-refractivity contribution in [3.8, 4) is 0 Å². The van der Waals surface area contributed by atoms with Gasteiger partial charge in [0.15, 0.2) is 0 Å². The summed E-state index contributed by atoms with van der Waals surface area (Å²) in [5.74, 6) is -0.0694. The number of hydrogen-bond donors (Lipinski definition) is 2. The molecule has 0 bridgehead atoms. The number of carbonyl (C=O) groups excluding carboxylic acids is 1. The molecular formula is C17H20N2O. The summed E-state index contributed by atoms with van der Waals surface area (Å²) in [6.07, 6.45) is 0. The van der Waals surface area contributed by atoms with E-state index in [2.05, 4.69) is 42.7 Å². The molecule has 3 heteroatoms. The second-order valence-corrected chi connectivity index (χ2v) is 5.01. The van der Waals surface area contributed by atoms with E-state index in [0.29, 0.717) is 5.56 Å². The molecule has 0 saturated carbocycles. The fourth-order valence-corrected chi connectivity index (χ4v) is 2.29. The third-order valence-electron chi connectivity index (χ3n) is 3.13. The third kappa shape index (κ3) is 3.60. The zero-order valence-corrected chi connectivity index (χ0v) is 12.2. The maximum absolute atomic E-state index is 11.6. The maximum Gasteiger partial charge on any atom is 0.251 e. The van der Waals surface area contributed by atoms with Crippen LogP contribution in [0.1, 0.15) is 27.0 Å². The molecule has 0 aromatic heterocycles. The molecule has 2 N–H and O–H groups in total. The second-order valence-electron chi connectivity index (χ2n) is 5.01. The topological polar surface area (TPSA) is 41.1 Å². The van der Waals surface area contributed by atoms with E-state index in [1.165, 1.54) is 16.7 Å². The summed E-state index contributed by atoms with van der Waals surface area (Å²) in [7, 11) is 1.64. The van der Waals surface area contributed by atoms with Crippen LogP contribution in [0.2, 0.25) is 0 Å². The molecule has 0 heterocycles. The van der Waals surface area contributed by atoms with Crippen LogP contribution in [0.4, 0.5) is 5.69 Å². The van der Waals surface area contributed by atoms with Gasteiger partial charge in [0.2, 0.25) is 0 Å². The number of nitrogens with one attached hydrogen (secondary N) is 2. The predicted octanol–water partition coefficient (Wildman–Crippen LogP) is 3.28. The Morgan fingerprint density at radius 2 is 1.75 bits per heavy atom. The van der Waals surface area contributed by atoms with Crippen molar-refractivity contribution < 1.29 is 4.79 Å². The normalized spacial score (nSPS) is 10.2. The Hall–Kier alpha value is -2.29. The number of hydrogen-bond acceptors (Lipinski definition) is 2. The molecule has 0 aliphatic heterocycles. The Morgan fingerprint density at radius 1 is 1.05 bits per heavy atom. The quantitative estimate of drug-likeness (QED) is 0.893. The average Bonchev–Trinajstić information content (AvgIpc) is 2.43. The lowest BCUT2D eigenvalue weighted by Crippen LogP contribution is -2.17. The Morgan fingerprint density at radius 3 is 2.40 bits per heavy atom. The summed E-state index contributed by atoms with van der Waals surface area (Å²) in [5, 5.41) is 5.99. The van der Waals surface area contributed by atoms with Crippen molar-refractivity contribution in [2.24, 2.45) is 0 Å². The summed E-state index contributed by atoms with van der Waals surface area (Å²) >= 11 is 0. The molecule has 0 aliphatic rings. The molecule has 0 radical (unpaired) electrons. The highest BCUT2D eigenvalue weighted by Crippen LogP contribution is 2.14. The number of benzene rings is 2. The minimum absolute atomic E-state index is 0.0694. The fraction of sp³-hybridized carbons (Fsp3) is 0.235. The summed E-state index contributed by atoms with van der Waals surface area (Å²) in [6.45, 7) is 4.95. The number of aryl methyl sites for hydroxylation is 2. The average molecular weight is 268 g/mol. The molecular weight excluding hydrogens is 248 g/mol. The first kappa shape index (κ1) is 14.1. The standard InChI is InChI=1S/C17H20N2O/c1-12-7-13(2)9-14(8-12)11-19-16-6-4-5-15(10-16)17(20)18-3/h4-10,19H,11H2,1-3H3,(H,18,20). The number of anilines is 1. The highest BCUT2D eigenvalue weighted by Gasteiger charge is 2.03. The van der Waals surface area contributed by atoms with Crippen LogP contribution >= 0.6 is 0 Å². The van der Waals surface area contributed by atoms with Gasteiger partial charge in [0.25, 0.3) is 5.91 Å². The zero-order valence-electron chi connectivity index (χ0n) is 12.2. The van der Waals surface area contributed by atoms with Crippen LogP contribution in [0.3, 0.4) is 0 Å². The molecule has 104 valence electrons. The van der Waals surface area contributed by atoms with Crippen molar-refractivity contribution in [2.45, 2.75) is 20.4 Å². The second kappa shape index (κ2) is 6.24. The van der Waals surface area contributed by atoms with Gasteiger partial charge in [0, 0.05) is 24.8 Å². The molecule has 0 spiro atoms. The van der Waals surface area contributed by atoms with Crippen molar-refractivity contribution in [3.05, 3.63) is 64.7 Å². The van der Waals surface area contributed by atoms with Gasteiger partial charge in [-0.25, -0.2) is 0 Å². The SMILES string of the molecule is CNC(=O)c1cccc(NCc2cc(C)cc(C)c2)c1. The summed E-state index contributed by atoms with van der Waals surface area (Å²) < 4.78 is 0. The van der Waals surface area contributed by atoms with E-state index in [1.54, 1.807) is 13.1 Å². The molecule has 2 rings (SSSR count). The van der Waals surface area contributed by atoms with E-state index in [0.717, 1.165) is 12.2 Å². The molecule has 0 saturated heterocycles. The van der Waals surface area contributed by atoms with E-state index in [9.17, 15) is 4.79 Å². The molecule has 0 atom stereocenters. The number of rotatable bonds is 4. The van der Waals surface area contributed by atoms with Crippen LogP contribution in [-0.2, 0) is 6.54 Å². The van der Waals surface area contributed by atoms with E-state index >= 15 is 0 Å². The number of amides is 1. The van der Waals surface area contributed by atoms with Gasteiger partial charge in [0.1, 0.15) is 0 Å². The van der Waals surface area contributed by atoms with Gasteiger partial charge < -0.3 is 10.6 Å². The van der Waals surface area contributed by atoms with Crippen molar-refractivity contribution in [3.63, 3.8) is 0 Å². The maximum atomic E-state index is 11.6. The van der Waals surface area contributed by atoms with Gasteiger partial charge in [-0.2, -0.15) is 0 Å². The molecule has 2 aromatic rings. The van der Waals surface area contributed by atoms with Gasteiger partial charge in [-0.1, -0.05) is 35.4 Å². The van der Waals surface area contributed by atoms with E-state index < -0.39 is 0 Å². The lowest BCUT2D eigenvalue weighted by molar-refractivity contribution is 0.0963. The van der Waals surface area contributed by atoms with Crippen LogP contribution in [0, 0.1) is 13.8 Å². The molecule has 0 unspecified atom stereocenters. The first-order chi connectivity index (χ1) is 9.58. The molecule has 1 amide bonds. The van der Waals surface area contributed by atoms with E-state index in [4.69, 9.17) is 0 Å². The monoisotopic (exact) mass is 268 g/mol. The van der Waals surface area contributed by atoms with Crippen LogP contribution in [0.5, 0.6) is 0 Å². The fourth-order valence-electron chi connectivity index (χ4n) is 2.29. The highest BCUT2D eigenvalue weighted by atomic mass is 16.1. The largest absolute Gasteiger partial charge is 0.381 e. The predicted molar refractivity (Wildman–Crippen MR) is 83.1 cm³/mol. The molecule has 0 fully saturated rings. The Bertz CT molecular complexity index is 600. The van der Waals surface area contributed by atoms with Crippen molar-refractivity contribution in [1.29, 1.82) is 0 Å². The zero-order chi connectivity index (χ0) is 14.5. The Labute approximate surface area is 120 Å². The van der Waals surface area contributed by atoms with Gasteiger partial charge in [0.05, 0.1) is 0 Å². The summed E-state index contributed by atoms with van der Waals surface area (Å²) in [6, 6.07) is 14.0. The van der Waals surface area contributed by atoms with Crippen LogP contribution < -0.4 is 10.6 Å². The van der Waals surface area contributed by atoms with Gasteiger partial charge in [-0.15, -0.1) is 0 Å². The van der Waals surface area contributed by atoms with Gasteiger partial charge >= 0.3 is 0 Å². The van der Waals surface area contributed by atoms with Crippen LogP contribution in [0.25, 0.3) is 0 Å². The van der Waals surface area contributed by atoms with Crippen molar-refractivity contribution in [1.82, 2.24) is 5.32 Å². The molecule has 0 aliphatic carbocycles. The number of carbonyl (C=O) groups is 1. The first-order valence-corrected chi connectivity index (χ1v) is 6.71. The minimum atomic E-state index is -0.0694. The van der Waals surface area contributed by atoms with Gasteiger partial charge in [-0.05, 0) is 37.6 Å². The Kier molecular flexibility index (Phi) is 4.41. The summed E-state index contributed by atoms with van der Waals surface area (Å²) in [4.78, 5) is 11.6. The van der Waals surface area contributed by atoms with Crippen LogP contribution in [0.15, 0.2) is 42.5 Å². The highest BCUT2D eigenvalue weighted by molar-refractivity contribution is 5.94.